The van der Waals surface area contributed by atoms with E-state index in [1.807, 2.05) is 59.5 Å². The number of benzene rings is 2. The Bertz CT molecular complexity index is 1240. The fraction of sp³-hybridized carbons (Fsp3) is 0.400. The third-order valence-electron chi connectivity index (χ3n) is 7.82. The van der Waals surface area contributed by atoms with Crippen LogP contribution < -0.4 is 9.47 Å². The Kier molecular flexibility index (Phi) is 7.75. The summed E-state index contributed by atoms with van der Waals surface area (Å²) >= 11 is 3.50. The highest BCUT2D eigenvalue weighted by Gasteiger charge is 2.62. The molecule has 2 unspecified atom stereocenters. The quantitative estimate of drug-likeness (QED) is 0.404. The maximum Gasteiger partial charge on any atom is 0.210 e. The van der Waals surface area contributed by atoms with Gasteiger partial charge in [-0.2, -0.15) is 0 Å². The summed E-state index contributed by atoms with van der Waals surface area (Å²) in [6.45, 7) is 3.55. The van der Waals surface area contributed by atoms with Gasteiger partial charge in [-0.25, -0.2) is 0 Å². The van der Waals surface area contributed by atoms with E-state index in [4.69, 9.17) is 14.2 Å². The van der Waals surface area contributed by atoms with Gasteiger partial charge >= 0.3 is 0 Å². The van der Waals surface area contributed by atoms with Crippen molar-refractivity contribution in [2.45, 2.75) is 55.9 Å². The lowest BCUT2D eigenvalue weighted by molar-refractivity contribution is -0.127. The van der Waals surface area contributed by atoms with Crippen LogP contribution in [-0.2, 0) is 20.7 Å². The summed E-state index contributed by atoms with van der Waals surface area (Å²) in [7, 11) is 1.59. The van der Waals surface area contributed by atoms with E-state index >= 15 is 0 Å². The first-order valence-electron chi connectivity index (χ1n) is 13.0. The van der Waals surface area contributed by atoms with Gasteiger partial charge in [0.05, 0.1) is 50.4 Å². The van der Waals surface area contributed by atoms with Crippen molar-refractivity contribution in [3.05, 3.63) is 88.2 Å². The number of hydrogen-bond donors (Lipinski definition) is 1. The van der Waals surface area contributed by atoms with Crippen LogP contribution in [0.4, 0.5) is 0 Å². The van der Waals surface area contributed by atoms with Gasteiger partial charge < -0.3 is 24.2 Å². The lowest BCUT2D eigenvalue weighted by Crippen LogP contribution is -2.50. The lowest BCUT2D eigenvalue weighted by Gasteiger charge is -2.42. The van der Waals surface area contributed by atoms with E-state index < -0.39 is 11.2 Å². The van der Waals surface area contributed by atoms with Crippen molar-refractivity contribution in [1.29, 1.82) is 0 Å². The minimum Gasteiger partial charge on any atom is -0.495 e. The van der Waals surface area contributed by atoms with E-state index in [2.05, 4.69) is 27.8 Å². The summed E-state index contributed by atoms with van der Waals surface area (Å²) in [5.41, 5.74) is -0.0225. The van der Waals surface area contributed by atoms with Crippen molar-refractivity contribution < 1.29 is 24.1 Å². The number of fused-ring (bicyclic) bond motifs is 3. The Balaban J connectivity index is 0.000000244. The van der Waals surface area contributed by atoms with Gasteiger partial charge in [0.25, 0.3) is 0 Å². The number of amides is 1. The monoisotopic (exact) mass is 580 g/mol. The minimum absolute atomic E-state index is 0.385. The molecule has 1 amide bonds. The molecule has 38 heavy (non-hydrogen) atoms. The number of ether oxygens (including phenoxy) is 3. The SMILES string of the molecule is CCCC1(O)c2c(OC)cncc2OC1(c1ccccc1)c1ccc(Br)cc1.O=CN1[C@@H]2CC[C@H]1COC2. The highest BCUT2D eigenvalue weighted by atomic mass is 79.9. The summed E-state index contributed by atoms with van der Waals surface area (Å²) in [4.78, 5) is 16.6. The van der Waals surface area contributed by atoms with Crippen molar-refractivity contribution in [3.8, 4) is 11.5 Å². The summed E-state index contributed by atoms with van der Waals surface area (Å²) in [6.07, 6.45) is 7.78. The summed E-state index contributed by atoms with van der Waals surface area (Å²) in [5.74, 6) is 1.07. The number of methoxy groups -OCH3 is 1. The summed E-state index contributed by atoms with van der Waals surface area (Å²) in [6, 6.07) is 18.6. The lowest BCUT2D eigenvalue weighted by atomic mass is 9.69. The van der Waals surface area contributed by atoms with Gasteiger partial charge in [-0.15, -0.1) is 0 Å². The Hall–Kier alpha value is -2.94. The van der Waals surface area contributed by atoms with Crippen LogP contribution >= 0.6 is 15.9 Å². The van der Waals surface area contributed by atoms with Gasteiger partial charge in [-0.05, 0) is 31.4 Å². The number of carbonyl (C=O) groups excluding carboxylic acids is 1. The maximum atomic E-state index is 12.3. The number of aliphatic hydroxyl groups is 1. The smallest absolute Gasteiger partial charge is 0.210 e. The largest absolute Gasteiger partial charge is 0.495 e. The Morgan fingerprint density at radius 2 is 1.74 bits per heavy atom. The van der Waals surface area contributed by atoms with Crippen LogP contribution in [0, 0.1) is 0 Å². The average molecular weight is 582 g/mol. The first kappa shape index (κ1) is 26.7. The van der Waals surface area contributed by atoms with Crippen molar-refractivity contribution in [3.63, 3.8) is 0 Å². The van der Waals surface area contributed by atoms with Crippen molar-refractivity contribution >= 4 is 22.3 Å². The molecule has 0 saturated carbocycles. The molecule has 8 heteroatoms. The fourth-order valence-corrected chi connectivity index (χ4v) is 6.37. The Morgan fingerprint density at radius 1 is 1.08 bits per heavy atom. The standard InChI is InChI=1S/C23H22BrNO3.C7H11NO2/c1-3-13-22(26)21-19(27-2)14-25-15-20(21)28-23(22,16-7-5-4-6-8-16)17-9-11-18(24)12-10-17;9-5-8-6-1-2-7(8)4-10-3-6/h4-12,14-15,26H,3,13H2,1-2H3;5-7H,1-4H2/t;6-,7+. The van der Waals surface area contributed by atoms with Crippen LogP contribution in [0.25, 0.3) is 0 Å². The minimum atomic E-state index is -1.32. The van der Waals surface area contributed by atoms with Crippen LogP contribution in [0.3, 0.4) is 0 Å². The van der Waals surface area contributed by atoms with E-state index in [-0.39, 0.29) is 0 Å². The first-order chi connectivity index (χ1) is 18.5. The first-order valence-corrected chi connectivity index (χ1v) is 13.8. The highest BCUT2D eigenvalue weighted by molar-refractivity contribution is 9.10. The highest BCUT2D eigenvalue weighted by Crippen LogP contribution is 2.60. The number of carbonyl (C=O) groups is 1. The van der Waals surface area contributed by atoms with Crippen LogP contribution in [0.1, 0.15) is 49.3 Å². The van der Waals surface area contributed by atoms with Gasteiger partial charge in [-0.3, -0.25) is 9.78 Å². The molecule has 2 fully saturated rings. The predicted molar refractivity (Wildman–Crippen MR) is 147 cm³/mol. The molecule has 3 aromatic rings. The van der Waals surface area contributed by atoms with E-state index in [0.717, 1.165) is 54.5 Å². The molecule has 1 aromatic heterocycles. The Labute approximate surface area is 231 Å². The molecule has 6 rings (SSSR count). The molecule has 3 aliphatic rings. The van der Waals surface area contributed by atoms with Crippen molar-refractivity contribution in [2.75, 3.05) is 20.3 Å². The van der Waals surface area contributed by atoms with Gasteiger partial charge in [-0.1, -0.05) is 71.7 Å². The van der Waals surface area contributed by atoms with E-state index in [0.29, 0.717) is 35.6 Å². The van der Waals surface area contributed by atoms with Gasteiger partial charge in [0.15, 0.2) is 5.60 Å². The summed E-state index contributed by atoms with van der Waals surface area (Å²) in [5, 5.41) is 12.3. The molecule has 2 saturated heterocycles. The van der Waals surface area contributed by atoms with Crippen molar-refractivity contribution in [1.82, 2.24) is 9.88 Å². The second kappa shape index (κ2) is 11.0. The topological polar surface area (TPSA) is 81.1 Å². The zero-order valence-corrected chi connectivity index (χ0v) is 23.3. The zero-order valence-electron chi connectivity index (χ0n) is 21.7. The number of morpholine rings is 1. The number of hydrogen-bond acceptors (Lipinski definition) is 6. The van der Waals surface area contributed by atoms with Gasteiger partial charge in [0, 0.05) is 15.6 Å². The van der Waals surface area contributed by atoms with Crippen LogP contribution in [0.15, 0.2) is 71.5 Å². The molecular weight excluding hydrogens is 548 g/mol. The van der Waals surface area contributed by atoms with Gasteiger partial charge in [0.1, 0.15) is 17.1 Å². The molecule has 1 N–H and O–H groups in total. The molecule has 200 valence electrons. The molecule has 4 atom stereocenters. The molecule has 7 nitrogen and oxygen atoms in total. The Morgan fingerprint density at radius 3 is 2.32 bits per heavy atom. The fourth-order valence-electron chi connectivity index (χ4n) is 6.10. The van der Waals surface area contributed by atoms with E-state index in [1.54, 1.807) is 19.5 Å². The van der Waals surface area contributed by atoms with Crippen LogP contribution in [0.2, 0.25) is 0 Å². The molecule has 3 aliphatic heterocycles. The predicted octanol–water partition coefficient (Wildman–Crippen LogP) is 5.18. The van der Waals surface area contributed by atoms with Crippen molar-refractivity contribution in [2.24, 2.45) is 0 Å². The molecule has 0 aliphatic carbocycles. The molecule has 0 spiro atoms. The normalized spacial score (nSPS) is 27.1. The number of pyridine rings is 1. The second-order valence-electron chi connectivity index (χ2n) is 9.96. The van der Waals surface area contributed by atoms with Crippen LogP contribution in [0.5, 0.6) is 11.5 Å². The molecular formula is C30H33BrN2O5. The zero-order chi connectivity index (χ0) is 26.8. The maximum absolute atomic E-state index is 12.3. The number of nitrogens with zero attached hydrogens (tertiary/aromatic N) is 2. The van der Waals surface area contributed by atoms with E-state index in [9.17, 15) is 9.90 Å². The third-order valence-corrected chi connectivity index (χ3v) is 8.35. The third kappa shape index (κ3) is 4.38. The molecule has 0 radical (unpaired) electrons. The molecule has 2 aromatic carbocycles. The van der Waals surface area contributed by atoms with E-state index in [1.165, 1.54) is 0 Å². The number of rotatable bonds is 6. The molecule has 2 bridgehead atoms. The van der Waals surface area contributed by atoms with Crippen LogP contribution in [-0.4, -0.2) is 53.8 Å². The average Bonchev–Trinajstić information content (AvgIpc) is 3.35. The second-order valence-corrected chi connectivity index (χ2v) is 10.9. The molecule has 4 heterocycles. The van der Waals surface area contributed by atoms with Gasteiger partial charge in [0.2, 0.25) is 6.41 Å². The summed E-state index contributed by atoms with van der Waals surface area (Å²) < 4.78 is 18.4. The number of halogens is 1. The number of aromatic nitrogens is 1.